The van der Waals surface area contributed by atoms with E-state index in [9.17, 15) is 18.8 Å². The lowest BCUT2D eigenvalue weighted by Crippen LogP contribution is -2.24. The number of fused-ring (bicyclic) bond motifs is 1. The largest absolute Gasteiger partial charge is 0.454 e. The number of ketones is 2. The minimum absolute atomic E-state index is 0.0514. The van der Waals surface area contributed by atoms with Crippen LogP contribution in [-0.4, -0.2) is 23.6 Å². The van der Waals surface area contributed by atoms with Gasteiger partial charge in [0.05, 0.1) is 6.42 Å². The molecule has 3 rings (SSSR count). The average molecular weight is 368 g/mol. The van der Waals surface area contributed by atoms with Crippen molar-refractivity contribution in [3.8, 4) is 0 Å². The molecule has 1 aliphatic rings. The molecule has 1 aliphatic carbocycles. The monoisotopic (exact) mass is 368 g/mol. The smallest absolute Gasteiger partial charge is 0.306 e. The fraction of sp³-hybridized carbons (Fsp3) is 0.318. The summed E-state index contributed by atoms with van der Waals surface area (Å²) in [4.78, 5) is 36.5. The van der Waals surface area contributed by atoms with Gasteiger partial charge < -0.3 is 4.74 Å². The molecule has 140 valence electrons. The van der Waals surface area contributed by atoms with Crippen molar-refractivity contribution < 1.29 is 23.5 Å². The zero-order valence-corrected chi connectivity index (χ0v) is 15.2. The molecule has 0 N–H and O–H groups in total. The summed E-state index contributed by atoms with van der Waals surface area (Å²) in [5.74, 6) is -1.55. The third kappa shape index (κ3) is 4.67. The Morgan fingerprint density at radius 3 is 2.37 bits per heavy atom. The second-order valence-corrected chi connectivity index (χ2v) is 6.76. The van der Waals surface area contributed by atoms with Gasteiger partial charge in [-0.15, -0.1) is 0 Å². The molecular formula is C22H21FO4. The molecule has 0 heterocycles. The molecule has 0 bridgehead atoms. The molecule has 0 saturated carbocycles. The number of carbonyl (C=O) groups is 3. The average Bonchev–Trinajstić information content (AvgIpc) is 3.13. The first-order chi connectivity index (χ1) is 12.9. The summed E-state index contributed by atoms with van der Waals surface area (Å²) in [5, 5.41) is 0. The number of hydrogen-bond acceptors (Lipinski definition) is 4. The highest BCUT2D eigenvalue weighted by Crippen LogP contribution is 2.23. The van der Waals surface area contributed by atoms with E-state index in [0.29, 0.717) is 11.1 Å². The number of aryl methyl sites for hydroxylation is 2. The van der Waals surface area contributed by atoms with Crippen molar-refractivity contribution >= 4 is 17.5 Å². The van der Waals surface area contributed by atoms with Crippen molar-refractivity contribution in [1.29, 1.82) is 0 Å². The molecule has 2 aromatic carbocycles. The molecule has 4 nitrogen and oxygen atoms in total. The first-order valence-corrected chi connectivity index (χ1v) is 9.08. The van der Waals surface area contributed by atoms with Crippen molar-refractivity contribution in [3.05, 3.63) is 70.5 Å². The van der Waals surface area contributed by atoms with Crippen LogP contribution in [0.4, 0.5) is 4.39 Å². The number of benzene rings is 2. The Morgan fingerprint density at radius 2 is 1.63 bits per heavy atom. The Labute approximate surface area is 157 Å². The quantitative estimate of drug-likeness (QED) is 0.545. The topological polar surface area (TPSA) is 60.4 Å². The van der Waals surface area contributed by atoms with Crippen LogP contribution in [0.1, 0.15) is 58.0 Å². The minimum atomic E-state index is -0.905. The van der Waals surface area contributed by atoms with Crippen LogP contribution in [0.3, 0.4) is 0 Å². The van der Waals surface area contributed by atoms with Gasteiger partial charge in [0.15, 0.2) is 11.9 Å². The van der Waals surface area contributed by atoms with Crippen LogP contribution in [0.15, 0.2) is 42.5 Å². The van der Waals surface area contributed by atoms with Crippen LogP contribution in [0, 0.1) is 5.82 Å². The summed E-state index contributed by atoms with van der Waals surface area (Å²) < 4.78 is 18.1. The van der Waals surface area contributed by atoms with Gasteiger partial charge in [-0.2, -0.15) is 0 Å². The molecule has 2 aromatic rings. The maximum absolute atomic E-state index is 12.9. The van der Waals surface area contributed by atoms with E-state index in [-0.39, 0.29) is 24.4 Å². The molecule has 0 spiro atoms. The van der Waals surface area contributed by atoms with Gasteiger partial charge in [0, 0.05) is 17.5 Å². The molecule has 0 unspecified atom stereocenters. The molecular weight excluding hydrogens is 347 g/mol. The number of esters is 1. The number of carbonyl (C=O) groups excluding carboxylic acids is 3. The fourth-order valence-corrected chi connectivity index (χ4v) is 3.27. The van der Waals surface area contributed by atoms with Crippen LogP contribution in [-0.2, 0) is 22.4 Å². The summed E-state index contributed by atoms with van der Waals surface area (Å²) >= 11 is 0. The second-order valence-electron chi connectivity index (χ2n) is 6.76. The summed E-state index contributed by atoms with van der Waals surface area (Å²) in [6.45, 7) is 1.54. The Kier molecular flexibility index (Phi) is 5.79. The van der Waals surface area contributed by atoms with Crippen molar-refractivity contribution in [2.75, 3.05) is 0 Å². The normalized spacial score (nSPS) is 13.7. The molecule has 0 amide bonds. The standard InChI is InChI=1S/C22H21FO4/c1-14(22(26)18-6-5-15-3-2-4-17(15)13-18)27-21(25)12-11-20(24)16-7-9-19(23)10-8-16/h5-10,13-14H,2-4,11-12H2,1H3/t14-/m0/s1. The van der Waals surface area contributed by atoms with Gasteiger partial charge >= 0.3 is 5.97 Å². The zero-order valence-electron chi connectivity index (χ0n) is 15.2. The van der Waals surface area contributed by atoms with E-state index >= 15 is 0 Å². The molecule has 1 atom stereocenters. The number of ether oxygens (including phenoxy) is 1. The van der Waals surface area contributed by atoms with E-state index in [1.54, 1.807) is 6.07 Å². The van der Waals surface area contributed by atoms with E-state index in [1.807, 2.05) is 12.1 Å². The Morgan fingerprint density at radius 1 is 0.963 bits per heavy atom. The van der Waals surface area contributed by atoms with Gasteiger partial charge in [0.2, 0.25) is 5.78 Å². The van der Waals surface area contributed by atoms with Gasteiger partial charge in [-0.05, 0) is 67.6 Å². The maximum Gasteiger partial charge on any atom is 0.306 e. The highest BCUT2D eigenvalue weighted by molar-refractivity contribution is 6.01. The van der Waals surface area contributed by atoms with Crippen molar-refractivity contribution in [1.82, 2.24) is 0 Å². The summed E-state index contributed by atoms with van der Waals surface area (Å²) in [7, 11) is 0. The predicted molar refractivity (Wildman–Crippen MR) is 98.3 cm³/mol. The molecule has 27 heavy (non-hydrogen) atoms. The van der Waals surface area contributed by atoms with E-state index in [2.05, 4.69) is 0 Å². The lowest BCUT2D eigenvalue weighted by molar-refractivity contribution is -0.146. The summed E-state index contributed by atoms with van der Waals surface area (Å²) in [5.41, 5.74) is 3.34. The number of hydrogen-bond donors (Lipinski definition) is 0. The van der Waals surface area contributed by atoms with Crippen molar-refractivity contribution in [3.63, 3.8) is 0 Å². The summed E-state index contributed by atoms with van der Waals surface area (Å²) in [6.07, 6.45) is 2.02. The minimum Gasteiger partial charge on any atom is -0.454 e. The second kappa shape index (κ2) is 8.25. The van der Waals surface area contributed by atoms with Gasteiger partial charge in [-0.1, -0.05) is 12.1 Å². The molecule has 0 radical (unpaired) electrons. The Bertz CT molecular complexity index is 870. The lowest BCUT2D eigenvalue weighted by Gasteiger charge is -2.13. The van der Waals surface area contributed by atoms with E-state index in [0.717, 1.165) is 19.3 Å². The van der Waals surface area contributed by atoms with Gasteiger partial charge in [0.25, 0.3) is 0 Å². The first kappa shape index (κ1) is 19.0. The summed E-state index contributed by atoms with van der Waals surface area (Å²) in [6, 6.07) is 10.8. The molecule has 5 heteroatoms. The zero-order chi connectivity index (χ0) is 19.4. The third-order valence-electron chi connectivity index (χ3n) is 4.78. The number of rotatable bonds is 7. The van der Waals surface area contributed by atoms with Crippen LogP contribution >= 0.6 is 0 Å². The molecule has 0 fully saturated rings. The molecule has 0 aromatic heterocycles. The van der Waals surface area contributed by atoms with Crippen LogP contribution in [0.2, 0.25) is 0 Å². The lowest BCUT2D eigenvalue weighted by atomic mass is 10.0. The van der Waals surface area contributed by atoms with Gasteiger partial charge in [-0.25, -0.2) is 4.39 Å². The fourth-order valence-electron chi connectivity index (χ4n) is 3.27. The highest BCUT2D eigenvalue weighted by atomic mass is 19.1. The van der Waals surface area contributed by atoms with E-state index in [1.165, 1.54) is 42.3 Å². The Balaban J connectivity index is 1.51. The third-order valence-corrected chi connectivity index (χ3v) is 4.78. The van der Waals surface area contributed by atoms with Crippen molar-refractivity contribution in [2.45, 2.75) is 45.1 Å². The molecule has 0 saturated heterocycles. The van der Waals surface area contributed by atoms with Crippen molar-refractivity contribution in [2.24, 2.45) is 0 Å². The SMILES string of the molecule is C[C@H](OC(=O)CCC(=O)c1ccc(F)cc1)C(=O)c1ccc2c(c1)CCC2. The van der Waals surface area contributed by atoms with Crippen LogP contribution in [0.5, 0.6) is 0 Å². The maximum atomic E-state index is 12.9. The Hall–Kier alpha value is -2.82. The predicted octanol–water partition coefficient (Wildman–Crippen LogP) is 4.09. The number of halogens is 1. The van der Waals surface area contributed by atoms with Gasteiger partial charge in [0.1, 0.15) is 5.82 Å². The highest BCUT2D eigenvalue weighted by Gasteiger charge is 2.22. The van der Waals surface area contributed by atoms with Crippen LogP contribution in [0.25, 0.3) is 0 Å². The first-order valence-electron chi connectivity index (χ1n) is 9.08. The number of Topliss-reactive ketones (excluding diaryl/α,β-unsaturated/α-hetero) is 2. The van der Waals surface area contributed by atoms with Crippen LogP contribution < -0.4 is 0 Å². The van der Waals surface area contributed by atoms with E-state index in [4.69, 9.17) is 4.74 Å². The molecule has 0 aliphatic heterocycles. The van der Waals surface area contributed by atoms with E-state index < -0.39 is 17.9 Å². The van der Waals surface area contributed by atoms with Gasteiger partial charge in [-0.3, -0.25) is 14.4 Å².